The van der Waals surface area contributed by atoms with E-state index < -0.39 is 4.92 Å². The maximum atomic E-state index is 10.8. The Hall–Kier alpha value is -2.94. The zero-order valence-electron chi connectivity index (χ0n) is 11.0. The van der Waals surface area contributed by atoms with Crippen LogP contribution in [0.25, 0.3) is 0 Å². The van der Waals surface area contributed by atoms with Crippen molar-refractivity contribution in [2.24, 2.45) is 0 Å². The van der Waals surface area contributed by atoms with E-state index in [1.807, 2.05) is 6.07 Å². The first-order chi connectivity index (χ1) is 9.51. The number of nitro benzene ring substituents is 1. The van der Waals surface area contributed by atoms with Gasteiger partial charge in [-0.1, -0.05) is 0 Å². The first-order valence-electron chi connectivity index (χ1n) is 5.81. The van der Waals surface area contributed by atoms with Crippen LogP contribution in [0.3, 0.4) is 0 Å². The van der Waals surface area contributed by atoms with E-state index in [2.05, 4.69) is 4.98 Å². The number of hydrogen-bond acceptors (Lipinski definition) is 5. The van der Waals surface area contributed by atoms with E-state index in [1.54, 1.807) is 32.0 Å². The van der Waals surface area contributed by atoms with Crippen LogP contribution in [0.5, 0.6) is 11.6 Å². The predicted molar refractivity (Wildman–Crippen MR) is 71.6 cm³/mol. The molecule has 1 aromatic carbocycles. The topological polar surface area (TPSA) is 89.0 Å². The third-order valence-electron chi connectivity index (χ3n) is 2.77. The maximum Gasteiger partial charge on any atom is 0.272 e. The molecule has 6 nitrogen and oxygen atoms in total. The average Bonchev–Trinajstić information content (AvgIpc) is 2.43. The molecule has 0 aliphatic heterocycles. The smallest absolute Gasteiger partial charge is 0.272 e. The SMILES string of the molecule is Cc1cc([N+](=O)[O-])c(C)cc1Oc1ccc(C#N)cn1. The van der Waals surface area contributed by atoms with Crippen molar-refractivity contribution in [1.29, 1.82) is 5.26 Å². The van der Waals surface area contributed by atoms with E-state index in [9.17, 15) is 10.1 Å². The van der Waals surface area contributed by atoms with Crippen molar-refractivity contribution in [3.05, 3.63) is 57.3 Å². The summed E-state index contributed by atoms with van der Waals surface area (Å²) in [6.45, 7) is 3.38. The minimum absolute atomic E-state index is 0.0580. The molecule has 0 fully saturated rings. The summed E-state index contributed by atoms with van der Waals surface area (Å²) >= 11 is 0. The number of nitro groups is 1. The lowest BCUT2D eigenvalue weighted by Crippen LogP contribution is -1.96. The van der Waals surface area contributed by atoms with Crippen LogP contribution in [0.15, 0.2) is 30.5 Å². The van der Waals surface area contributed by atoms with Gasteiger partial charge in [-0.05, 0) is 31.5 Å². The Morgan fingerprint density at radius 2 is 2.05 bits per heavy atom. The summed E-state index contributed by atoms with van der Waals surface area (Å²) < 4.78 is 5.58. The van der Waals surface area contributed by atoms with Gasteiger partial charge in [0.15, 0.2) is 0 Å². The van der Waals surface area contributed by atoms with E-state index >= 15 is 0 Å². The highest BCUT2D eigenvalue weighted by Crippen LogP contribution is 2.30. The number of rotatable bonds is 3. The van der Waals surface area contributed by atoms with Crippen molar-refractivity contribution in [1.82, 2.24) is 4.98 Å². The Kier molecular flexibility index (Phi) is 3.62. The minimum atomic E-state index is -0.425. The third kappa shape index (κ3) is 2.72. The highest BCUT2D eigenvalue weighted by molar-refractivity contribution is 5.50. The molecule has 20 heavy (non-hydrogen) atoms. The van der Waals surface area contributed by atoms with Crippen molar-refractivity contribution in [3.63, 3.8) is 0 Å². The number of aromatic nitrogens is 1. The minimum Gasteiger partial charge on any atom is -0.439 e. The second-order valence-corrected chi connectivity index (χ2v) is 4.26. The Morgan fingerprint density at radius 1 is 1.30 bits per heavy atom. The van der Waals surface area contributed by atoms with Gasteiger partial charge in [0, 0.05) is 23.9 Å². The molecule has 0 saturated heterocycles. The lowest BCUT2D eigenvalue weighted by Gasteiger charge is -2.09. The van der Waals surface area contributed by atoms with Gasteiger partial charge in [-0.15, -0.1) is 0 Å². The molecular weight excluding hydrogens is 258 g/mol. The summed E-state index contributed by atoms with van der Waals surface area (Å²) in [5.74, 6) is 0.839. The van der Waals surface area contributed by atoms with Crippen molar-refractivity contribution in [3.8, 4) is 17.7 Å². The molecule has 0 spiro atoms. The summed E-state index contributed by atoms with van der Waals surface area (Å²) in [6.07, 6.45) is 1.41. The number of hydrogen-bond donors (Lipinski definition) is 0. The Morgan fingerprint density at radius 3 is 2.60 bits per heavy atom. The van der Waals surface area contributed by atoms with Crippen LogP contribution in [-0.4, -0.2) is 9.91 Å². The predicted octanol–water partition coefficient (Wildman–Crippen LogP) is 3.27. The van der Waals surface area contributed by atoms with Gasteiger partial charge in [0.25, 0.3) is 5.69 Å². The largest absolute Gasteiger partial charge is 0.439 e. The van der Waals surface area contributed by atoms with Crippen molar-refractivity contribution in [2.45, 2.75) is 13.8 Å². The molecule has 0 aliphatic carbocycles. The molecule has 0 amide bonds. The maximum absolute atomic E-state index is 10.8. The van der Waals surface area contributed by atoms with E-state index in [-0.39, 0.29) is 5.69 Å². The van der Waals surface area contributed by atoms with Crippen LogP contribution in [0.4, 0.5) is 5.69 Å². The fourth-order valence-electron chi connectivity index (χ4n) is 1.70. The number of aryl methyl sites for hydroxylation is 2. The molecule has 0 bridgehead atoms. The molecule has 6 heteroatoms. The molecule has 1 aromatic heterocycles. The van der Waals surface area contributed by atoms with E-state index in [1.165, 1.54) is 12.3 Å². The number of pyridine rings is 1. The van der Waals surface area contributed by atoms with Crippen LogP contribution >= 0.6 is 0 Å². The monoisotopic (exact) mass is 269 g/mol. The standard InChI is InChI=1S/C14H11N3O3/c1-9-6-13(10(2)5-12(9)17(18)19)20-14-4-3-11(7-15)8-16-14/h3-6,8H,1-2H3. The third-order valence-corrected chi connectivity index (χ3v) is 2.77. The van der Waals surface area contributed by atoms with E-state index in [0.29, 0.717) is 28.3 Å². The molecular formula is C14H11N3O3. The van der Waals surface area contributed by atoms with Gasteiger partial charge < -0.3 is 4.74 Å². The van der Waals surface area contributed by atoms with Gasteiger partial charge in [-0.2, -0.15) is 5.26 Å². The van der Waals surface area contributed by atoms with Gasteiger partial charge in [-0.3, -0.25) is 10.1 Å². The van der Waals surface area contributed by atoms with Gasteiger partial charge in [0.05, 0.1) is 10.5 Å². The van der Waals surface area contributed by atoms with Crippen molar-refractivity contribution in [2.75, 3.05) is 0 Å². The van der Waals surface area contributed by atoms with Gasteiger partial charge in [-0.25, -0.2) is 4.98 Å². The second-order valence-electron chi connectivity index (χ2n) is 4.26. The van der Waals surface area contributed by atoms with Crippen LogP contribution < -0.4 is 4.74 Å². The van der Waals surface area contributed by atoms with Gasteiger partial charge in [0.2, 0.25) is 5.88 Å². The average molecular weight is 269 g/mol. The quantitative estimate of drug-likeness (QED) is 0.630. The summed E-state index contributed by atoms with van der Waals surface area (Å²) in [5, 5.41) is 19.5. The first kappa shape index (κ1) is 13.5. The Labute approximate surface area is 115 Å². The molecule has 0 unspecified atom stereocenters. The fraction of sp³-hybridized carbons (Fsp3) is 0.143. The van der Waals surface area contributed by atoms with Crippen molar-refractivity contribution >= 4 is 5.69 Å². The lowest BCUT2D eigenvalue weighted by molar-refractivity contribution is -0.385. The summed E-state index contributed by atoms with van der Waals surface area (Å²) in [6, 6.07) is 8.21. The molecule has 0 radical (unpaired) electrons. The highest BCUT2D eigenvalue weighted by Gasteiger charge is 2.14. The number of nitrogens with zero attached hydrogens (tertiary/aromatic N) is 3. The Balaban J connectivity index is 2.31. The fourth-order valence-corrected chi connectivity index (χ4v) is 1.70. The molecule has 0 N–H and O–H groups in total. The number of nitriles is 1. The molecule has 0 saturated carbocycles. The summed E-state index contributed by atoms with van der Waals surface area (Å²) in [5.41, 5.74) is 1.66. The lowest BCUT2D eigenvalue weighted by atomic mass is 10.1. The molecule has 2 aromatic rings. The van der Waals surface area contributed by atoms with Crippen LogP contribution in [0, 0.1) is 35.3 Å². The van der Waals surface area contributed by atoms with Crippen LogP contribution in [0.1, 0.15) is 16.7 Å². The van der Waals surface area contributed by atoms with Crippen molar-refractivity contribution < 1.29 is 9.66 Å². The van der Waals surface area contributed by atoms with Crippen LogP contribution in [-0.2, 0) is 0 Å². The van der Waals surface area contributed by atoms with Crippen LogP contribution in [0.2, 0.25) is 0 Å². The van der Waals surface area contributed by atoms with E-state index in [0.717, 1.165) is 0 Å². The number of benzene rings is 1. The van der Waals surface area contributed by atoms with E-state index in [4.69, 9.17) is 10.00 Å². The van der Waals surface area contributed by atoms with Gasteiger partial charge >= 0.3 is 0 Å². The first-order valence-corrected chi connectivity index (χ1v) is 5.81. The van der Waals surface area contributed by atoms with Gasteiger partial charge in [0.1, 0.15) is 11.8 Å². The molecule has 1 heterocycles. The number of ether oxygens (including phenoxy) is 1. The Bertz CT molecular complexity index is 703. The zero-order valence-corrected chi connectivity index (χ0v) is 11.0. The molecule has 0 aliphatic rings. The normalized spacial score (nSPS) is 9.85. The summed E-state index contributed by atoms with van der Waals surface area (Å²) in [4.78, 5) is 14.4. The highest BCUT2D eigenvalue weighted by atomic mass is 16.6. The zero-order chi connectivity index (χ0) is 14.7. The molecule has 0 atom stereocenters. The second kappa shape index (κ2) is 5.36. The molecule has 100 valence electrons. The summed E-state index contributed by atoms with van der Waals surface area (Å²) in [7, 11) is 0. The molecule has 2 rings (SSSR count).